The van der Waals surface area contributed by atoms with Crippen molar-refractivity contribution in [2.45, 2.75) is 52.7 Å². The van der Waals surface area contributed by atoms with Crippen LogP contribution in [-0.2, 0) is 14.3 Å². The van der Waals surface area contributed by atoms with Crippen LogP contribution in [0.4, 0.5) is 4.79 Å². The Balaban J connectivity index is 4.60. The van der Waals surface area contributed by atoms with Gasteiger partial charge < -0.3 is 20.7 Å². The molecule has 0 aliphatic heterocycles. The Labute approximate surface area is 126 Å². The van der Waals surface area contributed by atoms with Gasteiger partial charge in [-0.05, 0) is 33.1 Å². The summed E-state index contributed by atoms with van der Waals surface area (Å²) in [5.41, 5.74) is -0.634. The summed E-state index contributed by atoms with van der Waals surface area (Å²) >= 11 is 0. The normalized spacial score (nSPS) is 12.5. The molecule has 7 nitrogen and oxygen atoms in total. The van der Waals surface area contributed by atoms with Crippen LogP contribution >= 0.6 is 0 Å². The zero-order valence-electron chi connectivity index (χ0n) is 13.7. The van der Waals surface area contributed by atoms with Gasteiger partial charge in [-0.25, -0.2) is 4.79 Å². The smallest absolute Gasteiger partial charge is 0.408 e. The molecule has 0 heterocycles. The first-order chi connectivity index (χ1) is 9.55. The number of carbonyl (C=O) groups is 3. The lowest BCUT2D eigenvalue weighted by molar-refractivity contribution is -0.127. The number of amides is 3. The zero-order chi connectivity index (χ0) is 16.6. The number of likely N-dealkylation sites (N-methyl/N-ethyl adjacent to an activating group) is 1. The van der Waals surface area contributed by atoms with Gasteiger partial charge in [-0.15, -0.1) is 0 Å². The molecule has 3 N–H and O–H groups in total. The number of rotatable bonds is 6. The van der Waals surface area contributed by atoms with E-state index in [1.165, 1.54) is 7.05 Å². The molecule has 0 aromatic carbocycles. The van der Waals surface area contributed by atoms with Crippen molar-refractivity contribution in [3.05, 3.63) is 0 Å². The van der Waals surface area contributed by atoms with Gasteiger partial charge >= 0.3 is 6.09 Å². The van der Waals surface area contributed by atoms with Crippen molar-refractivity contribution >= 4 is 17.9 Å². The van der Waals surface area contributed by atoms with E-state index >= 15 is 0 Å². The minimum atomic E-state index is -0.732. The summed E-state index contributed by atoms with van der Waals surface area (Å²) < 4.78 is 5.14. The van der Waals surface area contributed by atoms with Gasteiger partial charge in [0.15, 0.2) is 0 Å². The molecule has 0 aromatic rings. The summed E-state index contributed by atoms with van der Waals surface area (Å²) in [5, 5.41) is 7.43. The second-order valence-electron chi connectivity index (χ2n) is 6.22. The van der Waals surface area contributed by atoms with Gasteiger partial charge in [0.1, 0.15) is 11.6 Å². The fraction of sp³-hybridized carbons (Fsp3) is 0.786. The second kappa shape index (κ2) is 8.49. The maximum Gasteiger partial charge on any atom is 0.408 e. The number of hydrogen-bond donors (Lipinski definition) is 3. The first-order valence-electron chi connectivity index (χ1n) is 7.03. The third-order valence-corrected chi connectivity index (χ3v) is 2.42. The van der Waals surface area contributed by atoms with E-state index in [1.807, 2.05) is 13.8 Å². The first kappa shape index (κ1) is 19.2. The molecule has 0 aliphatic carbocycles. The largest absolute Gasteiger partial charge is 0.444 e. The number of alkyl carbamates (subject to hydrolysis) is 1. The molecular formula is C14H27N3O4. The molecule has 0 saturated carbocycles. The van der Waals surface area contributed by atoms with Crippen molar-refractivity contribution in [2.24, 2.45) is 5.92 Å². The summed E-state index contributed by atoms with van der Waals surface area (Å²) in [6.45, 7) is 8.99. The SMILES string of the molecule is CNC(=O)CNC(=O)C(CC(C)C)NC(=O)OC(C)(C)C. The first-order valence-corrected chi connectivity index (χ1v) is 7.03. The van der Waals surface area contributed by atoms with Crippen LogP contribution in [0.2, 0.25) is 0 Å². The lowest BCUT2D eigenvalue weighted by Gasteiger charge is -2.24. The molecule has 21 heavy (non-hydrogen) atoms. The van der Waals surface area contributed by atoms with Crippen LogP contribution in [-0.4, -0.2) is 43.1 Å². The Bertz CT molecular complexity index is 375. The van der Waals surface area contributed by atoms with Crippen molar-refractivity contribution in [3.8, 4) is 0 Å². The number of nitrogens with one attached hydrogen (secondary N) is 3. The topological polar surface area (TPSA) is 96.5 Å². The van der Waals surface area contributed by atoms with Crippen LogP contribution in [0.15, 0.2) is 0 Å². The molecule has 1 unspecified atom stereocenters. The standard InChI is InChI=1S/C14H27N3O4/c1-9(2)7-10(12(19)16-8-11(18)15-6)17-13(20)21-14(3,4)5/h9-10H,7-8H2,1-6H3,(H,15,18)(H,16,19)(H,17,20). The highest BCUT2D eigenvalue weighted by molar-refractivity contribution is 5.89. The maximum atomic E-state index is 12.0. The number of carbonyl (C=O) groups excluding carboxylic acids is 3. The summed E-state index contributed by atoms with van der Waals surface area (Å²) in [5.74, 6) is -0.502. The molecule has 0 aromatic heterocycles. The van der Waals surface area contributed by atoms with E-state index in [9.17, 15) is 14.4 Å². The molecule has 0 spiro atoms. The van der Waals surface area contributed by atoms with Crippen LogP contribution in [0.3, 0.4) is 0 Å². The van der Waals surface area contributed by atoms with E-state index < -0.39 is 23.6 Å². The van der Waals surface area contributed by atoms with Crippen molar-refractivity contribution in [1.82, 2.24) is 16.0 Å². The highest BCUT2D eigenvalue weighted by Gasteiger charge is 2.25. The molecule has 122 valence electrons. The molecule has 7 heteroatoms. The van der Waals surface area contributed by atoms with Gasteiger partial charge in [-0.2, -0.15) is 0 Å². The van der Waals surface area contributed by atoms with Crippen molar-refractivity contribution in [3.63, 3.8) is 0 Å². The van der Waals surface area contributed by atoms with Crippen molar-refractivity contribution < 1.29 is 19.1 Å². The molecule has 0 saturated heterocycles. The average molecular weight is 301 g/mol. The van der Waals surface area contributed by atoms with Gasteiger partial charge in [0.05, 0.1) is 6.54 Å². The van der Waals surface area contributed by atoms with E-state index in [4.69, 9.17) is 4.74 Å². The van der Waals surface area contributed by atoms with E-state index in [1.54, 1.807) is 20.8 Å². The van der Waals surface area contributed by atoms with Gasteiger partial charge in [-0.1, -0.05) is 13.8 Å². The summed E-state index contributed by atoms with van der Waals surface area (Å²) in [6.07, 6.45) is -0.193. The van der Waals surface area contributed by atoms with E-state index in [0.717, 1.165) is 0 Å². The van der Waals surface area contributed by atoms with E-state index in [0.29, 0.717) is 6.42 Å². The van der Waals surface area contributed by atoms with Crippen LogP contribution in [0.1, 0.15) is 41.0 Å². The van der Waals surface area contributed by atoms with Gasteiger partial charge in [0.25, 0.3) is 0 Å². The van der Waals surface area contributed by atoms with Crippen molar-refractivity contribution in [1.29, 1.82) is 0 Å². The monoisotopic (exact) mass is 301 g/mol. The Morgan fingerprint density at radius 1 is 1.14 bits per heavy atom. The second-order valence-corrected chi connectivity index (χ2v) is 6.22. The highest BCUT2D eigenvalue weighted by Crippen LogP contribution is 2.09. The predicted octanol–water partition coefficient (Wildman–Crippen LogP) is 0.788. The maximum absolute atomic E-state index is 12.0. The molecule has 0 aliphatic rings. The van der Waals surface area contributed by atoms with E-state index in [2.05, 4.69) is 16.0 Å². The van der Waals surface area contributed by atoms with Gasteiger partial charge in [-0.3, -0.25) is 9.59 Å². The quantitative estimate of drug-likeness (QED) is 0.675. The molecular weight excluding hydrogens is 274 g/mol. The predicted molar refractivity (Wildman–Crippen MR) is 79.7 cm³/mol. The Morgan fingerprint density at radius 3 is 2.14 bits per heavy atom. The lowest BCUT2D eigenvalue weighted by Crippen LogP contribution is -2.50. The highest BCUT2D eigenvalue weighted by atomic mass is 16.6. The minimum Gasteiger partial charge on any atom is -0.444 e. The fourth-order valence-corrected chi connectivity index (χ4v) is 1.53. The molecule has 0 rings (SSSR count). The van der Waals surface area contributed by atoms with Crippen LogP contribution in [0.25, 0.3) is 0 Å². The van der Waals surface area contributed by atoms with Crippen LogP contribution < -0.4 is 16.0 Å². The fourth-order valence-electron chi connectivity index (χ4n) is 1.53. The number of hydrogen-bond acceptors (Lipinski definition) is 4. The minimum absolute atomic E-state index is 0.125. The Kier molecular flexibility index (Phi) is 7.76. The van der Waals surface area contributed by atoms with Crippen LogP contribution in [0.5, 0.6) is 0 Å². The molecule has 0 radical (unpaired) electrons. The molecule has 0 bridgehead atoms. The average Bonchev–Trinajstić information content (AvgIpc) is 2.31. The van der Waals surface area contributed by atoms with E-state index in [-0.39, 0.29) is 18.4 Å². The summed E-state index contributed by atoms with van der Waals surface area (Å²) in [7, 11) is 1.49. The zero-order valence-corrected chi connectivity index (χ0v) is 13.7. The summed E-state index contributed by atoms with van der Waals surface area (Å²) in [6, 6.07) is -0.732. The molecule has 1 atom stereocenters. The molecule has 3 amide bonds. The van der Waals surface area contributed by atoms with Crippen molar-refractivity contribution in [2.75, 3.05) is 13.6 Å². The number of ether oxygens (including phenoxy) is 1. The Hall–Kier alpha value is -1.79. The van der Waals surface area contributed by atoms with Gasteiger partial charge in [0.2, 0.25) is 11.8 Å². The molecule has 0 fully saturated rings. The lowest BCUT2D eigenvalue weighted by atomic mass is 10.0. The third kappa shape index (κ3) is 9.70. The van der Waals surface area contributed by atoms with Crippen LogP contribution in [0, 0.1) is 5.92 Å². The Morgan fingerprint density at radius 2 is 1.71 bits per heavy atom. The third-order valence-electron chi connectivity index (χ3n) is 2.42. The van der Waals surface area contributed by atoms with Gasteiger partial charge in [0, 0.05) is 7.05 Å². The summed E-state index contributed by atoms with van der Waals surface area (Å²) in [4.78, 5) is 34.9.